The molecule has 8 nitrogen and oxygen atoms in total. The van der Waals surface area contributed by atoms with Crippen molar-refractivity contribution in [2.75, 3.05) is 26.6 Å². The summed E-state index contributed by atoms with van der Waals surface area (Å²) < 4.78 is 22.0. The molecule has 0 bridgehead atoms. The van der Waals surface area contributed by atoms with E-state index in [-0.39, 0.29) is 6.42 Å². The van der Waals surface area contributed by atoms with E-state index in [1.165, 1.54) is 12.4 Å². The summed E-state index contributed by atoms with van der Waals surface area (Å²) in [7, 11) is 4.69. The summed E-state index contributed by atoms with van der Waals surface area (Å²) in [5, 5.41) is 4.05. The standard InChI is InChI=1S/C29H27Cl2N3O5/c1-36-22-11-21(14-32-15-22)34-13-18-4-6-19(7-5-18)29(35)39-27(12-23-24(30)16-33-17-25(23)31)20-8-9-26(37-2)28(10-20)38-3/h4-11,14-17,27,34H,12-13H2,1-3H3/t27-/m0/s1. The first-order valence-electron chi connectivity index (χ1n) is 11.9. The number of ether oxygens (including phenoxy) is 4. The molecule has 202 valence electrons. The largest absolute Gasteiger partial charge is 0.495 e. The molecule has 4 aromatic rings. The van der Waals surface area contributed by atoms with Crippen molar-refractivity contribution in [1.29, 1.82) is 0 Å². The highest BCUT2D eigenvalue weighted by atomic mass is 35.5. The first kappa shape index (κ1) is 28.0. The summed E-state index contributed by atoms with van der Waals surface area (Å²) in [5.74, 6) is 1.23. The fourth-order valence-corrected chi connectivity index (χ4v) is 4.41. The second-order valence-corrected chi connectivity index (χ2v) is 9.27. The van der Waals surface area contributed by atoms with Crippen LogP contribution in [0.3, 0.4) is 0 Å². The van der Waals surface area contributed by atoms with Gasteiger partial charge in [-0.2, -0.15) is 0 Å². The molecule has 0 fully saturated rings. The number of anilines is 1. The van der Waals surface area contributed by atoms with Gasteiger partial charge in [-0.15, -0.1) is 0 Å². The molecule has 0 aliphatic heterocycles. The third-order valence-electron chi connectivity index (χ3n) is 6.01. The number of nitrogens with one attached hydrogen (secondary N) is 1. The van der Waals surface area contributed by atoms with Crippen LogP contribution in [0.5, 0.6) is 17.2 Å². The maximum Gasteiger partial charge on any atom is 0.338 e. The van der Waals surface area contributed by atoms with Gasteiger partial charge in [0.2, 0.25) is 0 Å². The molecule has 4 rings (SSSR count). The summed E-state index contributed by atoms with van der Waals surface area (Å²) in [6.45, 7) is 0.539. The van der Waals surface area contributed by atoms with Gasteiger partial charge in [-0.25, -0.2) is 4.79 Å². The molecule has 0 saturated heterocycles. The highest BCUT2D eigenvalue weighted by Crippen LogP contribution is 2.35. The van der Waals surface area contributed by atoms with E-state index in [0.29, 0.717) is 50.5 Å². The molecule has 1 atom stereocenters. The Balaban J connectivity index is 1.52. The number of rotatable bonds is 11. The molecular weight excluding hydrogens is 541 g/mol. The van der Waals surface area contributed by atoms with Crippen LogP contribution in [0.4, 0.5) is 5.69 Å². The number of halogens is 2. The average molecular weight is 568 g/mol. The van der Waals surface area contributed by atoms with E-state index in [1.54, 1.807) is 58.0 Å². The van der Waals surface area contributed by atoms with Gasteiger partial charge >= 0.3 is 5.97 Å². The quantitative estimate of drug-likeness (QED) is 0.204. The smallest absolute Gasteiger partial charge is 0.338 e. The number of nitrogens with zero attached hydrogens (tertiary/aromatic N) is 2. The number of methoxy groups -OCH3 is 3. The molecule has 39 heavy (non-hydrogen) atoms. The van der Waals surface area contributed by atoms with Crippen LogP contribution in [0, 0.1) is 0 Å². The summed E-state index contributed by atoms with van der Waals surface area (Å²) in [5.41, 5.74) is 3.51. The Bertz CT molecular complexity index is 1410. The zero-order valence-electron chi connectivity index (χ0n) is 21.6. The minimum atomic E-state index is -0.711. The van der Waals surface area contributed by atoms with Gasteiger partial charge in [0.05, 0.1) is 55.0 Å². The zero-order chi connectivity index (χ0) is 27.8. The topological polar surface area (TPSA) is 91.8 Å². The molecule has 0 aliphatic carbocycles. The maximum absolute atomic E-state index is 13.2. The monoisotopic (exact) mass is 567 g/mol. The lowest BCUT2D eigenvalue weighted by molar-refractivity contribution is 0.0297. The van der Waals surface area contributed by atoms with Crippen LogP contribution in [0.15, 0.2) is 73.3 Å². The number of hydrogen-bond acceptors (Lipinski definition) is 8. The van der Waals surface area contributed by atoms with Crippen LogP contribution in [0.1, 0.15) is 33.2 Å². The molecule has 0 amide bonds. The van der Waals surface area contributed by atoms with Gasteiger partial charge in [0.1, 0.15) is 11.9 Å². The Morgan fingerprint density at radius 2 is 1.54 bits per heavy atom. The van der Waals surface area contributed by atoms with Crippen LogP contribution in [-0.4, -0.2) is 37.3 Å². The molecule has 0 aliphatic rings. The van der Waals surface area contributed by atoms with Gasteiger partial charge in [0.25, 0.3) is 0 Å². The maximum atomic E-state index is 13.2. The Morgan fingerprint density at radius 3 is 2.21 bits per heavy atom. The van der Waals surface area contributed by atoms with Crippen LogP contribution >= 0.6 is 23.2 Å². The van der Waals surface area contributed by atoms with Crippen molar-refractivity contribution in [3.05, 3.63) is 106 Å². The van der Waals surface area contributed by atoms with Crippen LogP contribution < -0.4 is 19.5 Å². The SMILES string of the molecule is COc1cncc(NCc2ccc(C(=O)O[C@@H](Cc3c(Cl)cncc3Cl)c3ccc(OC)c(OC)c3)cc2)c1. The molecule has 2 aromatic carbocycles. The van der Waals surface area contributed by atoms with E-state index in [4.69, 9.17) is 42.1 Å². The van der Waals surface area contributed by atoms with E-state index in [9.17, 15) is 4.79 Å². The minimum Gasteiger partial charge on any atom is -0.495 e. The molecule has 0 saturated carbocycles. The zero-order valence-corrected chi connectivity index (χ0v) is 23.1. The first-order valence-corrected chi connectivity index (χ1v) is 12.7. The van der Waals surface area contributed by atoms with Crippen LogP contribution in [0.2, 0.25) is 10.0 Å². The Morgan fingerprint density at radius 1 is 0.846 bits per heavy atom. The highest BCUT2D eigenvalue weighted by molar-refractivity contribution is 6.35. The van der Waals surface area contributed by atoms with Gasteiger partial charge in [-0.1, -0.05) is 41.4 Å². The van der Waals surface area contributed by atoms with Gasteiger partial charge in [-0.05, 0) is 41.0 Å². The van der Waals surface area contributed by atoms with Crippen molar-refractivity contribution < 1.29 is 23.7 Å². The van der Waals surface area contributed by atoms with E-state index in [2.05, 4.69) is 15.3 Å². The number of esters is 1. The van der Waals surface area contributed by atoms with Gasteiger partial charge in [0, 0.05) is 31.4 Å². The van der Waals surface area contributed by atoms with Gasteiger partial charge < -0.3 is 24.3 Å². The Kier molecular flexibility index (Phi) is 9.46. The van der Waals surface area contributed by atoms with Crippen molar-refractivity contribution in [2.24, 2.45) is 0 Å². The van der Waals surface area contributed by atoms with Crippen molar-refractivity contribution in [3.63, 3.8) is 0 Å². The van der Waals surface area contributed by atoms with Crippen LogP contribution in [-0.2, 0) is 17.7 Å². The third kappa shape index (κ3) is 7.10. The Hall–Kier alpha value is -4.01. The summed E-state index contributed by atoms with van der Waals surface area (Å²) in [4.78, 5) is 21.4. The fraction of sp³-hybridized carbons (Fsp3) is 0.207. The van der Waals surface area contributed by atoms with E-state index in [0.717, 1.165) is 11.3 Å². The lowest BCUT2D eigenvalue weighted by atomic mass is 10.0. The summed E-state index contributed by atoms with van der Waals surface area (Å²) >= 11 is 12.8. The molecule has 1 N–H and O–H groups in total. The van der Waals surface area contributed by atoms with Crippen molar-refractivity contribution in [1.82, 2.24) is 9.97 Å². The second kappa shape index (κ2) is 13.2. The molecule has 10 heteroatoms. The number of benzene rings is 2. The fourth-order valence-electron chi connectivity index (χ4n) is 3.89. The lowest BCUT2D eigenvalue weighted by Gasteiger charge is -2.21. The second-order valence-electron chi connectivity index (χ2n) is 8.46. The van der Waals surface area contributed by atoms with Crippen molar-refractivity contribution in [2.45, 2.75) is 19.1 Å². The number of aromatic nitrogens is 2. The summed E-state index contributed by atoms with van der Waals surface area (Å²) in [6.07, 6.45) is 5.88. The number of carbonyl (C=O) groups is 1. The Labute approximate surface area is 236 Å². The van der Waals surface area contributed by atoms with Gasteiger partial charge in [-0.3, -0.25) is 9.97 Å². The third-order valence-corrected chi connectivity index (χ3v) is 6.66. The minimum absolute atomic E-state index is 0.234. The summed E-state index contributed by atoms with van der Waals surface area (Å²) in [6, 6.07) is 14.4. The molecule has 0 spiro atoms. The molecular formula is C29H27Cl2N3O5. The highest BCUT2D eigenvalue weighted by Gasteiger charge is 2.23. The van der Waals surface area contributed by atoms with E-state index in [1.807, 2.05) is 24.3 Å². The lowest BCUT2D eigenvalue weighted by Crippen LogP contribution is -2.15. The number of carbonyl (C=O) groups excluding carboxylic acids is 1. The predicted octanol–water partition coefficient (Wildman–Crippen LogP) is 6.56. The first-order chi connectivity index (χ1) is 18.9. The number of hydrogen-bond donors (Lipinski definition) is 1. The number of pyridine rings is 2. The average Bonchev–Trinajstić information content (AvgIpc) is 2.97. The van der Waals surface area contributed by atoms with Crippen LogP contribution in [0.25, 0.3) is 0 Å². The van der Waals surface area contributed by atoms with Gasteiger partial charge in [0.15, 0.2) is 11.5 Å². The van der Waals surface area contributed by atoms with E-state index < -0.39 is 12.1 Å². The molecule has 2 aromatic heterocycles. The van der Waals surface area contributed by atoms with E-state index >= 15 is 0 Å². The molecule has 0 unspecified atom stereocenters. The predicted molar refractivity (Wildman–Crippen MR) is 150 cm³/mol. The molecule has 0 radical (unpaired) electrons. The van der Waals surface area contributed by atoms with Crippen molar-refractivity contribution in [3.8, 4) is 17.2 Å². The molecule has 2 heterocycles. The normalized spacial score (nSPS) is 11.4. The van der Waals surface area contributed by atoms with Crippen molar-refractivity contribution >= 4 is 34.9 Å².